The second kappa shape index (κ2) is 9.04. The number of nitrogens with zero attached hydrogens (tertiary/aromatic N) is 2. The molecule has 6 nitrogen and oxygen atoms in total. The van der Waals surface area contributed by atoms with Gasteiger partial charge in [-0.25, -0.2) is 4.98 Å². The zero-order chi connectivity index (χ0) is 21.1. The van der Waals surface area contributed by atoms with Gasteiger partial charge in [0.05, 0.1) is 17.3 Å². The molecular formula is C22H22ClN3O3S. The molecule has 0 radical (unpaired) electrons. The predicted molar refractivity (Wildman–Crippen MR) is 119 cm³/mol. The Morgan fingerprint density at radius 3 is 2.90 bits per heavy atom. The topological polar surface area (TPSA) is 74.7 Å². The van der Waals surface area contributed by atoms with Gasteiger partial charge < -0.3 is 9.84 Å². The third-order valence-corrected chi connectivity index (χ3v) is 6.16. The van der Waals surface area contributed by atoms with Crippen LogP contribution in [0.3, 0.4) is 0 Å². The number of phenols is 1. The summed E-state index contributed by atoms with van der Waals surface area (Å²) in [6.07, 6.45) is 0.855. The quantitative estimate of drug-likeness (QED) is 0.577. The summed E-state index contributed by atoms with van der Waals surface area (Å²) in [5.41, 5.74) is 2.63. The maximum atomic E-state index is 12.7. The van der Waals surface area contributed by atoms with E-state index in [1.807, 2.05) is 6.07 Å². The highest BCUT2D eigenvalue weighted by Crippen LogP contribution is 2.36. The summed E-state index contributed by atoms with van der Waals surface area (Å²) in [5.74, 6) is -0.325. The second-order valence-electron chi connectivity index (χ2n) is 7.03. The molecule has 2 N–H and O–H groups in total. The molecular weight excluding hydrogens is 422 g/mol. The average Bonchev–Trinajstić information content (AvgIpc) is 3.13. The molecule has 1 amide bonds. The Labute approximate surface area is 184 Å². The monoisotopic (exact) mass is 443 g/mol. The molecule has 0 saturated heterocycles. The Morgan fingerprint density at radius 1 is 1.33 bits per heavy atom. The van der Waals surface area contributed by atoms with Gasteiger partial charge in [-0.2, -0.15) is 0 Å². The lowest BCUT2D eigenvalue weighted by atomic mass is 10.1. The van der Waals surface area contributed by atoms with Gasteiger partial charge in [-0.05, 0) is 24.6 Å². The van der Waals surface area contributed by atoms with Gasteiger partial charge in [0.2, 0.25) is 0 Å². The third kappa shape index (κ3) is 4.59. The number of carbonyl (C=O) groups excluding carboxylic acids is 1. The summed E-state index contributed by atoms with van der Waals surface area (Å²) in [6, 6.07) is 13.3. The molecule has 30 heavy (non-hydrogen) atoms. The van der Waals surface area contributed by atoms with Gasteiger partial charge in [0.15, 0.2) is 16.6 Å². The Hall–Kier alpha value is -2.61. The number of rotatable bonds is 6. The molecule has 1 aliphatic rings. The van der Waals surface area contributed by atoms with Gasteiger partial charge in [0, 0.05) is 36.5 Å². The van der Waals surface area contributed by atoms with Crippen LogP contribution in [0.4, 0.5) is 5.13 Å². The first-order valence-corrected chi connectivity index (χ1v) is 10.9. The Kier molecular flexibility index (Phi) is 6.22. The van der Waals surface area contributed by atoms with Crippen molar-refractivity contribution in [2.75, 3.05) is 18.5 Å². The largest absolute Gasteiger partial charge is 0.503 e. The number of amides is 1. The number of carbonyl (C=O) groups is 1. The molecule has 1 aromatic heterocycles. The number of aromatic nitrogens is 1. The number of nitrogens with one attached hydrogen (secondary N) is 1. The number of hydrogen-bond acceptors (Lipinski definition) is 6. The van der Waals surface area contributed by atoms with Crippen LogP contribution in [-0.4, -0.2) is 34.0 Å². The zero-order valence-electron chi connectivity index (χ0n) is 16.5. The maximum Gasteiger partial charge on any atom is 0.257 e. The lowest BCUT2D eigenvalue weighted by Gasteiger charge is -2.25. The van der Waals surface area contributed by atoms with Gasteiger partial charge in [-0.1, -0.05) is 41.9 Å². The molecule has 156 valence electrons. The van der Waals surface area contributed by atoms with Crippen LogP contribution < -0.4 is 10.1 Å². The molecule has 0 saturated carbocycles. The van der Waals surface area contributed by atoms with E-state index in [0.717, 1.165) is 31.7 Å². The van der Waals surface area contributed by atoms with E-state index in [1.165, 1.54) is 33.9 Å². The summed E-state index contributed by atoms with van der Waals surface area (Å²) in [4.78, 5) is 20.9. The number of aromatic hydroxyl groups is 1. The highest BCUT2D eigenvalue weighted by molar-refractivity contribution is 7.15. The summed E-state index contributed by atoms with van der Waals surface area (Å²) in [5, 5.41) is 13.4. The summed E-state index contributed by atoms with van der Waals surface area (Å²) in [6.45, 7) is 4.79. The number of thiazole rings is 1. The fraction of sp³-hybridized carbons (Fsp3) is 0.273. The lowest BCUT2D eigenvalue weighted by molar-refractivity contribution is 0.102. The van der Waals surface area contributed by atoms with Gasteiger partial charge in [-0.15, -0.1) is 11.3 Å². The van der Waals surface area contributed by atoms with Crippen molar-refractivity contribution in [3.05, 3.63) is 69.2 Å². The minimum Gasteiger partial charge on any atom is -0.503 e. The summed E-state index contributed by atoms with van der Waals surface area (Å²) < 4.78 is 5.35. The molecule has 3 aromatic rings. The van der Waals surface area contributed by atoms with E-state index in [2.05, 4.69) is 39.5 Å². The van der Waals surface area contributed by atoms with Gasteiger partial charge in [0.25, 0.3) is 5.91 Å². The molecule has 1 aliphatic heterocycles. The van der Waals surface area contributed by atoms with E-state index in [4.69, 9.17) is 16.3 Å². The molecule has 0 aliphatic carbocycles. The van der Waals surface area contributed by atoms with Crippen molar-refractivity contribution in [2.24, 2.45) is 0 Å². The first-order chi connectivity index (χ1) is 14.5. The van der Waals surface area contributed by atoms with Crippen LogP contribution in [0.15, 0.2) is 42.5 Å². The minimum absolute atomic E-state index is 0.0705. The van der Waals surface area contributed by atoms with E-state index in [0.29, 0.717) is 17.3 Å². The van der Waals surface area contributed by atoms with Crippen molar-refractivity contribution in [3.8, 4) is 11.5 Å². The number of fused-ring (bicyclic) bond motifs is 1. The van der Waals surface area contributed by atoms with Crippen LogP contribution >= 0.6 is 22.9 Å². The molecule has 2 aromatic carbocycles. The lowest BCUT2D eigenvalue weighted by Crippen LogP contribution is -2.29. The standard InChI is InChI=1S/C22H22ClN3O3S/c1-2-29-18-11-15(10-16(23)20(18)27)21(28)25-22-24-17-8-9-26(13-19(17)30-22)12-14-6-4-3-5-7-14/h3-7,10-11,27H,2,8-9,12-13H2,1H3,(H,24,25,28). The maximum absolute atomic E-state index is 12.7. The molecule has 8 heteroatoms. The van der Waals surface area contributed by atoms with Crippen LogP contribution in [0.2, 0.25) is 5.02 Å². The predicted octanol–water partition coefficient (Wildman–Crippen LogP) is 4.71. The molecule has 0 unspecified atom stereocenters. The minimum atomic E-state index is -0.343. The van der Waals surface area contributed by atoms with Crippen molar-refractivity contribution >= 4 is 34.0 Å². The summed E-state index contributed by atoms with van der Waals surface area (Å²) >= 11 is 7.53. The first-order valence-electron chi connectivity index (χ1n) is 9.75. The van der Waals surface area contributed by atoms with Gasteiger partial charge in [0.1, 0.15) is 0 Å². The molecule has 0 bridgehead atoms. The molecule has 0 spiro atoms. The number of anilines is 1. The van der Waals surface area contributed by atoms with Crippen molar-refractivity contribution in [1.29, 1.82) is 0 Å². The van der Waals surface area contributed by atoms with Crippen molar-refractivity contribution in [2.45, 2.75) is 26.4 Å². The van der Waals surface area contributed by atoms with E-state index in [1.54, 1.807) is 6.92 Å². The van der Waals surface area contributed by atoms with Crippen molar-refractivity contribution < 1.29 is 14.6 Å². The number of hydrogen-bond donors (Lipinski definition) is 2. The first kappa shape index (κ1) is 20.7. The fourth-order valence-corrected chi connectivity index (χ4v) is 4.67. The highest BCUT2D eigenvalue weighted by Gasteiger charge is 2.22. The van der Waals surface area contributed by atoms with Crippen molar-refractivity contribution in [3.63, 3.8) is 0 Å². The SMILES string of the molecule is CCOc1cc(C(=O)Nc2nc3c(s2)CN(Cc2ccccc2)CC3)cc(Cl)c1O. The molecule has 0 fully saturated rings. The van der Waals surface area contributed by atoms with E-state index >= 15 is 0 Å². The van der Waals surface area contributed by atoms with E-state index in [9.17, 15) is 9.90 Å². The number of ether oxygens (including phenoxy) is 1. The number of benzene rings is 2. The molecule has 4 rings (SSSR count). The molecule has 0 atom stereocenters. The Bertz CT molecular complexity index is 1060. The van der Waals surface area contributed by atoms with Crippen LogP contribution in [0, 0.1) is 0 Å². The normalized spacial score (nSPS) is 13.7. The van der Waals surface area contributed by atoms with E-state index in [-0.39, 0.29) is 22.4 Å². The van der Waals surface area contributed by atoms with E-state index < -0.39 is 0 Å². The second-order valence-corrected chi connectivity index (χ2v) is 8.52. The Balaban J connectivity index is 1.45. The van der Waals surface area contributed by atoms with Crippen LogP contribution in [0.1, 0.15) is 33.4 Å². The Morgan fingerprint density at radius 2 is 2.13 bits per heavy atom. The number of halogens is 1. The average molecular weight is 444 g/mol. The van der Waals surface area contributed by atoms with Crippen LogP contribution in [0.5, 0.6) is 11.5 Å². The number of phenolic OH excluding ortho intramolecular Hbond substituents is 1. The van der Waals surface area contributed by atoms with Crippen molar-refractivity contribution in [1.82, 2.24) is 9.88 Å². The van der Waals surface area contributed by atoms with Crippen LogP contribution in [0.25, 0.3) is 0 Å². The smallest absolute Gasteiger partial charge is 0.257 e. The van der Waals surface area contributed by atoms with Gasteiger partial charge >= 0.3 is 0 Å². The molecule has 2 heterocycles. The zero-order valence-corrected chi connectivity index (χ0v) is 18.1. The van der Waals surface area contributed by atoms with Crippen LogP contribution in [-0.2, 0) is 19.5 Å². The summed E-state index contributed by atoms with van der Waals surface area (Å²) in [7, 11) is 0. The van der Waals surface area contributed by atoms with Gasteiger partial charge in [-0.3, -0.25) is 15.0 Å². The highest BCUT2D eigenvalue weighted by atomic mass is 35.5. The third-order valence-electron chi connectivity index (χ3n) is 4.87. The fourth-order valence-electron chi connectivity index (χ4n) is 3.42.